The number of carbonyl (C=O) groups is 2. The molecule has 1 aromatic heterocycles. The van der Waals surface area contributed by atoms with Gasteiger partial charge in [-0.05, 0) is 25.3 Å². The van der Waals surface area contributed by atoms with Crippen LogP contribution in [-0.4, -0.2) is 39.5 Å². The van der Waals surface area contributed by atoms with Crippen molar-refractivity contribution in [2.75, 3.05) is 7.05 Å². The Kier molecular flexibility index (Phi) is 5.59. The summed E-state index contributed by atoms with van der Waals surface area (Å²) in [6.45, 7) is 2.18. The van der Waals surface area contributed by atoms with Crippen molar-refractivity contribution in [2.45, 2.75) is 32.4 Å². The summed E-state index contributed by atoms with van der Waals surface area (Å²) in [5, 5.41) is 5.62. The third-order valence-corrected chi connectivity index (χ3v) is 4.80. The van der Waals surface area contributed by atoms with Crippen LogP contribution < -0.4 is 10.6 Å². The summed E-state index contributed by atoms with van der Waals surface area (Å²) < 4.78 is 1.89. The fraction of sp³-hybridized carbons (Fsp3) is 0.350. The zero-order chi connectivity index (χ0) is 19.4. The van der Waals surface area contributed by atoms with Crippen molar-refractivity contribution < 1.29 is 9.59 Å². The maximum atomic E-state index is 13.1. The van der Waals surface area contributed by atoms with Gasteiger partial charge in [0.25, 0.3) is 5.91 Å². The molecule has 2 N–H and O–H groups in total. The third kappa shape index (κ3) is 4.36. The lowest BCUT2D eigenvalue weighted by atomic mass is 9.95. The van der Waals surface area contributed by atoms with Crippen LogP contribution in [-0.2, 0) is 24.8 Å². The molecule has 142 valence electrons. The van der Waals surface area contributed by atoms with Crippen LogP contribution in [0.1, 0.15) is 24.7 Å². The van der Waals surface area contributed by atoms with E-state index in [-0.39, 0.29) is 18.0 Å². The number of imidazole rings is 1. The summed E-state index contributed by atoms with van der Waals surface area (Å²) in [7, 11) is 3.65. The fourth-order valence-electron chi connectivity index (χ4n) is 3.29. The summed E-state index contributed by atoms with van der Waals surface area (Å²) in [6.07, 6.45) is 5.00. The number of carbonyl (C=O) groups excluding carboxylic acids is 2. The molecule has 1 aliphatic rings. The summed E-state index contributed by atoms with van der Waals surface area (Å²) in [6, 6.07) is 9.46. The maximum Gasteiger partial charge on any atom is 0.319 e. The number of aryl methyl sites for hydroxylation is 2. The standard InChI is InChI=1S/C20H25N5O2/c1-14-18(19(26)25(3)13-17-21-11-12-24(17)2)16(23-20(27)22-14)10-9-15-7-5-4-6-8-15/h4-8,11-12,16H,9-10,13H2,1-3H3,(H2,22,23,27)/t16-/m1/s1. The first-order chi connectivity index (χ1) is 13.0. The lowest BCUT2D eigenvalue weighted by Gasteiger charge is -2.30. The second kappa shape index (κ2) is 8.07. The highest BCUT2D eigenvalue weighted by Gasteiger charge is 2.31. The lowest BCUT2D eigenvalue weighted by Crippen LogP contribution is -2.51. The van der Waals surface area contributed by atoms with Gasteiger partial charge < -0.3 is 20.1 Å². The predicted octanol–water partition coefficient (Wildman–Crippen LogP) is 1.97. The molecule has 3 rings (SSSR count). The Labute approximate surface area is 159 Å². The third-order valence-electron chi connectivity index (χ3n) is 4.80. The predicted molar refractivity (Wildman–Crippen MR) is 103 cm³/mol. The van der Waals surface area contributed by atoms with Crippen molar-refractivity contribution in [2.24, 2.45) is 7.05 Å². The first-order valence-corrected chi connectivity index (χ1v) is 8.99. The molecule has 0 radical (unpaired) electrons. The second-order valence-electron chi connectivity index (χ2n) is 6.83. The molecule has 7 heteroatoms. The molecule has 2 heterocycles. The molecule has 1 aliphatic heterocycles. The summed E-state index contributed by atoms with van der Waals surface area (Å²) in [5.74, 6) is 0.693. The van der Waals surface area contributed by atoms with E-state index in [0.717, 1.165) is 12.2 Å². The molecule has 0 saturated carbocycles. The largest absolute Gasteiger partial charge is 0.337 e. The summed E-state index contributed by atoms with van der Waals surface area (Å²) in [4.78, 5) is 31.0. The number of rotatable bonds is 6. The SMILES string of the molecule is CC1=C(C(=O)N(C)Cc2nccn2C)[C@@H](CCc2ccccc2)NC(=O)N1. The average Bonchev–Trinajstić information content (AvgIpc) is 3.04. The first kappa shape index (κ1) is 18.7. The van der Waals surface area contributed by atoms with Gasteiger partial charge in [-0.15, -0.1) is 0 Å². The summed E-state index contributed by atoms with van der Waals surface area (Å²) >= 11 is 0. The molecule has 0 aliphatic carbocycles. The molecule has 0 unspecified atom stereocenters. The van der Waals surface area contributed by atoms with Crippen molar-refractivity contribution in [3.63, 3.8) is 0 Å². The quantitative estimate of drug-likeness (QED) is 0.819. The molecule has 1 aromatic carbocycles. The van der Waals surface area contributed by atoms with Gasteiger partial charge >= 0.3 is 6.03 Å². The van der Waals surface area contributed by atoms with Gasteiger partial charge in [0.15, 0.2) is 0 Å². The van der Waals surface area contributed by atoms with Gasteiger partial charge in [-0.3, -0.25) is 4.79 Å². The Balaban J connectivity index is 1.76. The van der Waals surface area contributed by atoms with E-state index < -0.39 is 0 Å². The number of nitrogens with zero attached hydrogens (tertiary/aromatic N) is 3. The van der Waals surface area contributed by atoms with Crippen molar-refractivity contribution in [1.29, 1.82) is 0 Å². The Morgan fingerprint density at radius 1 is 1.30 bits per heavy atom. The smallest absolute Gasteiger partial charge is 0.319 e. The highest BCUT2D eigenvalue weighted by Crippen LogP contribution is 2.20. The van der Waals surface area contributed by atoms with Crippen LogP contribution in [0.15, 0.2) is 54.0 Å². The van der Waals surface area contributed by atoms with Gasteiger partial charge in [-0.25, -0.2) is 9.78 Å². The van der Waals surface area contributed by atoms with Crippen LogP contribution in [0.5, 0.6) is 0 Å². The van der Waals surface area contributed by atoms with E-state index in [2.05, 4.69) is 15.6 Å². The van der Waals surface area contributed by atoms with Crippen molar-refractivity contribution in [1.82, 2.24) is 25.1 Å². The van der Waals surface area contributed by atoms with E-state index in [0.29, 0.717) is 24.2 Å². The number of likely N-dealkylation sites (N-methyl/N-ethyl adjacent to an activating group) is 1. The number of hydrogen-bond acceptors (Lipinski definition) is 3. The van der Waals surface area contributed by atoms with Gasteiger partial charge in [0, 0.05) is 32.2 Å². The molecule has 2 aromatic rings. The molecule has 1 atom stereocenters. The van der Waals surface area contributed by atoms with E-state index in [9.17, 15) is 9.59 Å². The highest BCUT2D eigenvalue weighted by atomic mass is 16.2. The van der Waals surface area contributed by atoms with Crippen LogP contribution in [0.3, 0.4) is 0 Å². The minimum atomic E-state index is -0.324. The Morgan fingerprint density at radius 2 is 2.04 bits per heavy atom. The van der Waals surface area contributed by atoms with E-state index in [1.165, 1.54) is 5.56 Å². The van der Waals surface area contributed by atoms with E-state index in [4.69, 9.17) is 0 Å². The molecule has 0 spiro atoms. The molecule has 7 nitrogen and oxygen atoms in total. The van der Waals surface area contributed by atoms with Gasteiger partial charge in [0.05, 0.1) is 18.2 Å². The number of urea groups is 1. The molecule has 0 saturated heterocycles. The van der Waals surface area contributed by atoms with E-state index in [1.54, 1.807) is 25.1 Å². The number of benzene rings is 1. The maximum absolute atomic E-state index is 13.1. The Morgan fingerprint density at radius 3 is 2.70 bits per heavy atom. The molecule has 27 heavy (non-hydrogen) atoms. The molecule has 0 fully saturated rings. The van der Waals surface area contributed by atoms with Gasteiger partial charge in [0.1, 0.15) is 5.82 Å². The van der Waals surface area contributed by atoms with Crippen molar-refractivity contribution in [3.8, 4) is 0 Å². The zero-order valence-corrected chi connectivity index (χ0v) is 15.9. The lowest BCUT2D eigenvalue weighted by molar-refractivity contribution is -0.127. The Hall–Kier alpha value is -3.09. The van der Waals surface area contributed by atoms with Gasteiger partial charge in [-0.1, -0.05) is 30.3 Å². The second-order valence-corrected chi connectivity index (χ2v) is 6.83. The zero-order valence-electron chi connectivity index (χ0n) is 15.9. The minimum Gasteiger partial charge on any atom is -0.337 e. The number of aromatic nitrogens is 2. The van der Waals surface area contributed by atoms with Crippen molar-refractivity contribution in [3.05, 3.63) is 65.4 Å². The first-order valence-electron chi connectivity index (χ1n) is 8.99. The molecular weight excluding hydrogens is 342 g/mol. The number of nitrogens with one attached hydrogen (secondary N) is 2. The number of hydrogen-bond donors (Lipinski definition) is 2. The van der Waals surface area contributed by atoms with Crippen LogP contribution in [0.4, 0.5) is 4.79 Å². The summed E-state index contributed by atoms with van der Waals surface area (Å²) in [5.41, 5.74) is 2.38. The van der Waals surface area contributed by atoms with Gasteiger partial charge in [0.2, 0.25) is 0 Å². The number of allylic oxidation sites excluding steroid dienone is 1. The van der Waals surface area contributed by atoms with Crippen molar-refractivity contribution >= 4 is 11.9 Å². The Bertz CT molecular complexity index is 856. The normalized spacial score (nSPS) is 16.7. The van der Waals surface area contributed by atoms with E-state index >= 15 is 0 Å². The van der Waals surface area contributed by atoms with Crippen LogP contribution >= 0.6 is 0 Å². The van der Waals surface area contributed by atoms with Crippen LogP contribution in [0.25, 0.3) is 0 Å². The number of amides is 3. The van der Waals surface area contributed by atoms with Gasteiger partial charge in [-0.2, -0.15) is 0 Å². The van der Waals surface area contributed by atoms with Crippen LogP contribution in [0.2, 0.25) is 0 Å². The highest BCUT2D eigenvalue weighted by molar-refractivity contribution is 5.98. The molecular formula is C20H25N5O2. The molecule has 3 amide bonds. The fourth-order valence-corrected chi connectivity index (χ4v) is 3.29. The monoisotopic (exact) mass is 367 g/mol. The van der Waals surface area contributed by atoms with E-state index in [1.807, 2.05) is 48.1 Å². The molecule has 0 bridgehead atoms. The van der Waals surface area contributed by atoms with Crippen LogP contribution in [0, 0.1) is 0 Å². The minimum absolute atomic E-state index is 0.110. The average molecular weight is 367 g/mol. The topological polar surface area (TPSA) is 79.3 Å².